The van der Waals surface area contributed by atoms with Crippen LogP contribution in [0.4, 0.5) is 13.2 Å². The minimum atomic E-state index is -4.54. The van der Waals surface area contributed by atoms with Crippen LogP contribution < -0.4 is 21.3 Å². The Bertz CT molecular complexity index is 1060. The molecule has 2 aliphatic rings. The lowest BCUT2D eigenvalue weighted by Crippen LogP contribution is -2.66. The molecule has 0 aromatic rings. The first kappa shape index (κ1) is 36.7. The molecule has 1 saturated heterocycles. The molecule has 0 bridgehead atoms. The summed E-state index contributed by atoms with van der Waals surface area (Å²) in [6, 6.07) is -0.948. The van der Waals surface area contributed by atoms with E-state index in [9.17, 15) is 41.9 Å². The van der Waals surface area contributed by atoms with Crippen LogP contribution in [0.1, 0.15) is 59.3 Å². The van der Waals surface area contributed by atoms with Crippen LogP contribution in [0.5, 0.6) is 0 Å². The number of halogens is 3. The fraction of sp³-hybridized carbons (Fsp3) is 0.714. The van der Waals surface area contributed by atoms with Gasteiger partial charge in [-0.1, -0.05) is 27.2 Å². The fourth-order valence-corrected chi connectivity index (χ4v) is 4.83. The van der Waals surface area contributed by atoms with Crippen LogP contribution in [0.15, 0.2) is 12.2 Å². The molecule has 0 unspecified atom stereocenters. The number of piperidine rings is 1. The van der Waals surface area contributed by atoms with E-state index in [4.69, 9.17) is 0 Å². The number of hydrogen-bond acceptors (Lipinski definition) is 8. The van der Waals surface area contributed by atoms with Gasteiger partial charge < -0.3 is 30.9 Å². The third-order valence-electron chi connectivity index (χ3n) is 7.45. The molecule has 16 heteroatoms. The smallest absolute Gasteiger partial charge is 0.352 e. The number of alkyl halides is 3. The molecule has 13 nitrogen and oxygen atoms in total. The summed E-state index contributed by atoms with van der Waals surface area (Å²) < 4.78 is 40.9. The van der Waals surface area contributed by atoms with Crippen LogP contribution >= 0.6 is 0 Å². The molecule has 2 heterocycles. The van der Waals surface area contributed by atoms with E-state index in [2.05, 4.69) is 30.9 Å². The summed E-state index contributed by atoms with van der Waals surface area (Å²) in [6.07, 6.45) is 0.0869. The van der Waals surface area contributed by atoms with E-state index in [1.807, 2.05) is 6.92 Å². The van der Waals surface area contributed by atoms with Crippen LogP contribution in [0.2, 0.25) is 0 Å². The molecule has 0 radical (unpaired) electrons. The molecule has 248 valence electrons. The lowest BCUT2D eigenvalue weighted by molar-refractivity contribution is -0.176. The highest BCUT2D eigenvalue weighted by molar-refractivity contribution is 6.12. The van der Waals surface area contributed by atoms with E-state index >= 15 is 0 Å². The van der Waals surface area contributed by atoms with Crippen LogP contribution in [0.3, 0.4) is 0 Å². The Hall–Kier alpha value is -3.53. The van der Waals surface area contributed by atoms with Gasteiger partial charge in [0.2, 0.25) is 23.6 Å². The molecule has 4 N–H and O–H groups in total. The molecular weight excluding hydrogens is 589 g/mol. The van der Waals surface area contributed by atoms with Gasteiger partial charge in [0.15, 0.2) is 0 Å². The van der Waals surface area contributed by atoms with Gasteiger partial charge in [0.1, 0.15) is 24.9 Å². The fourth-order valence-electron chi connectivity index (χ4n) is 4.83. The number of carbonyl (C=O) groups is 6. The van der Waals surface area contributed by atoms with Gasteiger partial charge in [-0.25, -0.2) is 0 Å². The van der Waals surface area contributed by atoms with E-state index in [0.717, 1.165) is 11.4 Å². The van der Waals surface area contributed by atoms with Crippen molar-refractivity contribution in [3.05, 3.63) is 12.2 Å². The standard InChI is InChI=1S/C28H43F3N6O7/c1-4-36-14-11-27(12-15-36,26(43)32-16-21(39)33-18-44-17-28(29,30)31)35-25(42)24(19(2)3)34-20(38)8-6-5-7-13-37-22(40)9-10-23(37)41/h9-10,19,24H,4-8,11-18H2,1-3H3,(H,32,43)(H,33,39)(H,34,38)(H,35,42)/t24-/m0/s1. The highest BCUT2D eigenvalue weighted by Gasteiger charge is 2.44. The predicted molar refractivity (Wildman–Crippen MR) is 151 cm³/mol. The Labute approximate surface area is 254 Å². The predicted octanol–water partition coefficient (Wildman–Crippen LogP) is 0.352. The van der Waals surface area contributed by atoms with Crippen LogP contribution in [0, 0.1) is 5.92 Å². The number of ether oxygens (including phenoxy) is 1. The first-order chi connectivity index (χ1) is 20.7. The Kier molecular flexibility index (Phi) is 14.2. The molecule has 0 spiro atoms. The highest BCUT2D eigenvalue weighted by atomic mass is 19.4. The normalized spacial score (nSPS) is 17.5. The Morgan fingerprint density at radius 1 is 0.977 bits per heavy atom. The minimum Gasteiger partial charge on any atom is -0.352 e. The third-order valence-corrected chi connectivity index (χ3v) is 7.45. The summed E-state index contributed by atoms with van der Waals surface area (Å²) in [7, 11) is 0. The molecule has 0 aliphatic carbocycles. The van der Waals surface area contributed by atoms with E-state index in [1.54, 1.807) is 13.8 Å². The summed E-state index contributed by atoms with van der Waals surface area (Å²) in [5.41, 5.74) is -1.37. The molecule has 1 atom stereocenters. The zero-order valence-corrected chi connectivity index (χ0v) is 25.4. The number of unbranched alkanes of at least 4 members (excludes halogenated alkanes) is 2. The quantitative estimate of drug-likeness (QED) is 0.101. The Morgan fingerprint density at radius 3 is 2.18 bits per heavy atom. The maximum absolute atomic E-state index is 13.4. The summed E-state index contributed by atoms with van der Waals surface area (Å²) in [6.45, 7) is 4.68. The Morgan fingerprint density at radius 2 is 1.61 bits per heavy atom. The number of carbonyl (C=O) groups excluding carboxylic acids is 6. The average Bonchev–Trinajstić information content (AvgIpc) is 3.28. The van der Waals surface area contributed by atoms with Crippen molar-refractivity contribution in [2.75, 3.05) is 46.1 Å². The minimum absolute atomic E-state index is 0.121. The van der Waals surface area contributed by atoms with Crippen LogP contribution in [-0.2, 0) is 33.5 Å². The Balaban J connectivity index is 1.91. The second-order valence-electron chi connectivity index (χ2n) is 11.2. The van der Waals surface area contributed by atoms with Gasteiger partial charge in [-0.05, 0) is 38.1 Å². The topological polar surface area (TPSA) is 166 Å². The van der Waals surface area contributed by atoms with Gasteiger partial charge in [-0.15, -0.1) is 0 Å². The zero-order valence-electron chi connectivity index (χ0n) is 25.4. The van der Waals surface area contributed by atoms with Crippen molar-refractivity contribution in [1.29, 1.82) is 0 Å². The van der Waals surface area contributed by atoms with Gasteiger partial charge in [-0.2, -0.15) is 13.2 Å². The number of amides is 6. The van der Waals surface area contributed by atoms with Crippen molar-refractivity contribution in [2.45, 2.75) is 77.1 Å². The van der Waals surface area contributed by atoms with E-state index in [0.29, 0.717) is 32.4 Å². The summed E-state index contributed by atoms with van der Waals surface area (Å²) >= 11 is 0. The van der Waals surface area contributed by atoms with E-state index in [1.165, 1.54) is 12.2 Å². The van der Waals surface area contributed by atoms with Crippen LogP contribution in [-0.4, -0.2) is 109 Å². The number of rotatable bonds is 17. The number of nitrogens with zero attached hydrogens (tertiary/aromatic N) is 2. The van der Waals surface area contributed by atoms with Gasteiger partial charge in [0.25, 0.3) is 11.8 Å². The summed E-state index contributed by atoms with van der Waals surface area (Å²) in [4.78, 5) is 78.0. The molecule has 44 heavy (non-hydrogen) atoms. The summed E-state index contributed by atoms with van der Waals surface area (Å²) in [5.74, 6) is -3.35. The number of imide groups is 1. The molecule has 2 aliphatic heterocycles. The molecular formula is C28H43F3N6O7. The van der Waals surface area contributed by atoms with E-state index in [-0.39, 0.29) is 49.4 Å². The first-order valence-electron chi connectivity index (χ1n) is 14.7. The maximum atomic E-state index is 13.4. The largest absolute Gasteiger partial charge is 0.411 e. The SMILES string of the molecule is CCN1CCC(NC(=O)[C@@H](NC(=O)CCCCCN2C(=O)C=CC2=O)C(C)C)(C(=O)NCC(=O)NCOCC(F)(F)F)CC1. The molecule has 2 rings (SSSR count). The molecule has 0 aromatic heterocycles. The number of nitrogens with one attached hydrogen (secondary N) is 4. The zero-order chi connectivity index (χ0) is 32.9. The molecule has 0 saturated carbocycles. The first-order valence-corrected chi connectivity index (χ1v) is 14.7. The van der Waals surface area contributed by atoms with Crippen molar-refractivity contribution in [1.82, 2.24) is 31.1 Å². The van der Waals surface area contributed by atoms with Crippen molar-refractivity contribution in [3.63, 3.8) is 0 Å². The lowest BCUT2D eigenvalue weighted by Gasteiger charge is -2.41. The molecule has 1 fully saturated rings. The highest BCUT2D eigenvalue weighted by Crippen LogP contribution is 2.24. The van der Waals surface area contributed by atoms with Crippen molar-refractivity contribution in [2.24, 2.45) is 5.92 Å². The van der Waals surface area contributed by atoms with Gasteiger partial charge in [0.05, 0.1) is 6.54 Å². The van der Waals surface area contributed by atoms with Gasteiger partial charge >= 0.3 is 6.18 Å². The molecule has 0 aromatic carbocycles. The second kappa shape index (κ2) is 17.1. The van der Waals surface area contributed by atoms with Gasteiger partial charge in [0, 0.05) is 38.2 Å². The monoisotopic (exact) mass is 632 g/mol. The van der Waals surface area contributed by atoms with Crippen LogP contribution in [0.25, 0.3) is 0 Å². The maximum Gasteiger partial charge on any atom is 0.411 e. The van der Waals surface area contributed by atoms with E-state index < -0.39 is 55.4 Å². The lowest BCUT2D eigenvalue weighted by atomic mass is 9.85. The van der Waals surface area contributed by atoms with Gasteiger partial charge in [-0.3, -0.25) is 33.7 Å². The number of likely N-dealkylation sites (tertiary alicyclic amines) is 1. The van der Waals surface area contributed by atoms with Crippen molar-refractivity contribution < 1.29 is 46.7 Å². The summed E-state index contributed by atoms with van der Waals surface area (Å²) in [5, 5.41) is 10.2. The van der Waals surface area contributed by atoms with Crippen molar-refractivity contribution >= 4 is 35.4 Å². The third kappa shape index (κ3) is 11.9. The van der Waals surface area contributed by atoms with Crippen molar-refractivity contribution in [3.8, 4) is 0 Å². The molecule has 6 amide bonds. The average molecular weight is 633 g/mol. The second-order valence-corrected chi connectivity index (χ2v) is 11.2. The number of hydrogen-bond donors (Lipinski definition) is 4.